The number of anilines is 1. The fourth-order valence-electron chi connectivity index (χ4n) is 1.95. The molecule has 1 aromatic rings. The van der Waals surface area contributed by atoms with E-state index in [0.29, 0.717) is 38.0 Å². The van der Waals surface area contributed by atoms with E-state index in [9.17, 15) is 4.79 Å². The van der Waals surface area contributed by atoms with Gasteiger partial charge >= 0.3 is 5.69 Å². The summed E-state index contributed by atoms with van der Waals surface area (Å²) < 4.78 is 16.1. The Balaban J connectivity index is 2.01. The van der Waals surface area contributed by atoms with Crippen molar-refractivity contribution in [2.75, 3.05) is 44.4 Å². The number of hydrogen-bond donors (Lipinski definition) is 1. The van der Waals surface area contributed by atoms with Crippen LogP contribution >= 0.6 is 0 Å². The summed E-state index contributed by atoms with van der Waals surface area (Å²) in [5.41, 5.74) is -0.421. The first-order valence-electron chi connectivity index (χ1n) is 5.57. The summed E-state index contributed by atoms with van der Waals surface area (Å²) in [5, 5.41) is 0. The molecule has 0 bridgehead atoms. The number of H-pyrrole nitrogens is 1. The lowest BCUT2D eigenvalue weighted by Crippen LogP contribution is -2.38. The molecule has 0 aromatic carbocycles. The molecule has 92 valence electrons. The van der Waals surface area contributed by atoms with Gasteiger partial charge < -0.3 is 19.1 Å². The second-order valence-corrected chi connectivity index (χ2v) is 3.82. The van der Waals surface area contributed by atoms with Crippen LogP contribution in [0.25, 0.3) is 0 Å². The molecule has 1 fully saturated rings. The second-order valence-electron chi connectivity index (χ2n) is 3.82. The fourth-order valence-corrected chi connectivity index (χ4v) is 1.95. The molecule has 2 aliphatic rings. The molecule has 3 heterocycles. The topological polar surface area (TPSA) is 76.7 Å². The largest absolute Gasteiger partial charge is 0.482 e. The lowest BCUT2D eigenvalue weighted by molar-refractivity contribution is 0.120. The number of aromatic nitrogens is 2. The molecule has 0 radical (unpaired) electrons. The van der Waals surface area contributed by atoms with Crippen LogP contribution < -0.4 is 20.1 Å². The molecule has 7 heteroatoms. The maximum atomic E-state index is 11.4. The standard InChI is InChI=1S/C10H13N3O4/c14-10-11-8(13-1-3-15-4-2-13)7-9(12-10)17-6-5-16-7/h1-6H2,(H,11,12,14). The van der Waals surface area contributed by atoms with Crippen molar-refractivity contribution in [1.29, 1.82) is 0 Å². The van der Waals surface area contributed by atoms with E-state index >= 15 is 0 Å². The first-order valence-corrected chi connectivity index (χ1v) is 5.57. The highest BCUT2D eigenvalue weighted by Gasteiger charge is 2.24. The first-order chi connectivity index (χ1) is 8.34. The van der Waals surface area contributed by atoms with Gasteiger partial charge in [-0.3, -0.25) is 4.98 Å². The van der Waals surface area contributed by atoms with E-state index in [1.54, 1.807) is 0 Å². The number of morpholine rings is 1. The van der Waals surface area contributed by atoms with E-state index in [2.05, 4.69) is 9.97 Å². The van der Waals surface area contributed by atoms with Crippen molar-refractivity contribution in [2.45, 2.75) is 0 Å². The van der Waals surface area contributed by atoms with Gasteiger partial charge in [0.15, 0.2) is 5.82 Å². The lowest BCUT2D eigenvalue weighted by atomic mass is 10.3. The zero-order valence-electron chi connectivity index (χ0n) is 9.27. The number of nitrogens with zero attached hydrogens (tertiary/aromatic N) is 2. The molecule has 7 nitrogen and oxygen atoms in total. The van der Waals surface area contributed by atoms with Crippen LogP contribution in [0.1, 0.15) is 0 Å². The Morgan fingerprint density at radius 3 is 2.71 bits per heavy atom. The molecular formula is C10H13N3O4. The molecule has 1 aromatic heterocycles. The van der Waals surface area contributed by atoms with Crippen molar-refractivity contribution >= 4 is 5.82 Å². The number of nitrogens with one attached hydrogen (secondary N) is 1. The number of rotatable bonds is 1. The third-order valence-corrected chi connectivity index (χ3v) is 2.73. The van der Waals surface area contributed by atoms with Gasteiger partial charge in [-0.15, -0.1) is 0 Å². The minimum absolute atomic E-state index is 0.279. The fraction of sp³-hybridized carbons (Fsp3) is 0.600. The molecule has 1 saturated heterocycles. The normalized spacial score (nSPS) is 19.2. The van der Waals surface area contributed by atoms with Crippen molar-refractivity contribution in [2.24, 2.45) is 0 Å². The van der Waals surface area contributed by atoms with Crippen LogP contribution in [0.15, 0.2) is 4.79 Å². The predicted octanol–water partition coefficient (Wildman–Crippen LogP) is -0.622. The highest BCUT2D eigenvalue weighted by molar-refractivity contribution is 5.57. The van der Waals surface area contributed by atoms with E-state index in [1.807, 2.05) is 4.90 Å². The summed E-state index contributed by atoms with van der Waals surface area (Å²) in [7, 11) is 0. The number of hydrogen-bond acceptors (Lipinski definition) is 6. The Kier molecular flexibility index (Phi) is 2.60. The van der Waals surface area contributed by atoms with Crippen LogP contribution in [0.3, 0.4) is 0 Å². The average molecular weight is 239 g/mol. The molecule has 0 aliphatic carbocycles. The van der Waals surface area contributed by atoms with E-state index < -0.39 is 5.69 Å². The molecule has 0 amide bonds. The summed E-state index contributed by atoms with van der Waals surface area (Å²) in [6.07, 6.45) is 0. The molecule has 0 atom stereocenters. The Hall–Kier alpha value is -1.76. The van der Waals surface area contributed by atoms with Crippen molar-refractivity contribution in [3.05, 3.63) is 10.5 Å². The molecular weight excluding hydrogens is 226 g/mol. The SMILES string of the molecule is O=c1nc2c(c(N3CCOCC3)[nH]1)OCCO2. The van der Waals surface area contributed by atoms with Crippen molar-refractivity contribution in [1.82, 2.24) is 9.97 Å². The zero-order chi connectivity index (χ0) is 11.7. The van der Waals surface area contributed by atoms with Crippen LogP contribution in [-0.4, -0.2) is 49.5 Å². The van der Waals surface area contributed by atoms with Gasteiger partial charge in [0, 0.05) is 13.1 Å². The predicted molar refractivity (Wildman–Crippen MR) is 58.9 cm³/mol. The van der Waals surface area contributed by atoms with Crippen molar-refractivity contribution < 1.29 is 14.2 Å². The van der Waals surface area contributed by atoms with E-state index in [1.165, 1.54) is 0 Å². The molecule has 2 aliphatic heterocycles. The van der Waals surface area contributed by atoms with Crippen LogP contribution in [-0.2, 0) is 4.74 Å². The second kappa shape index (κ2) is 4.25. The van der Waals surface area contributed by atoms with Crippen molar-refractivity contribution in [3.63, 3.8) is 0 Å². The third-order valence-electron chi connectivity index (χ3n) is 2.73. The van der Waals surface area contributed by atoms with Crippen LogP contribution in [0.4, 0.5) is 5.82 Å². The monoisotopic (exact) mass is 239 g/mol. The van der Waals surface area contributed by atoms with Gasteiger partial charge in [-0.1, -0.05) is 0 Å². The molecule has 3 rings (SSSR count). The smallest absolute Gasteiger partial charge is 0.350 e. The molecule has 0 saturated carbocycles. The molecule has 0 spiro atoms. The number of aromatic amines is 1. The Bertz CT molecular complexity index is 467. The van der Waals surface area contributed by atoms with Gasteiger partial charge in [0.2, 0.25) is 5.75 Å². The highest BCUT2D eigenvalue weighted by Crippen LogP contribution is 2.34. The summed E-state index contributed by atoms with van der Waals surface area (Å²) in [6.45, 7) is 3.61. The molecule has 0 unspecified atom stereocenters. The van der Waals surface area contributed by atoms with Crippen LogP contribution in [0.2, 0.25) is 0 Å². The summed E-state index contributed by atoms with van der Waals surface area (Å²) in [5.74, 6) is 1.45. The van der Waals surface area contributed by atoms with Gasteiger partial charge in [0.25, 0.3) is 5.88 Å². The van der Waals surface area contributed by atoms with E-state index in [4.69, 9.17) is 14.2 Å². The first kappa shape index (κ1) is 10.4. The molecule has 1 N–H and O–H groups in total. The Morgan fingerprint density at radius 1 is 1.12 bits per heavy atom. The maximum Gasteiger partial charge on any atom is 0.350 e. The quantitative estimate of drug-likeness (QED) is 0.703. The van der Waals surface area contributed by atoms with Crippen LogP contribution in [0, 0.1) is 0 Å². The van der Waals surface area contributed by atoms with E-state index in [-0.39, 0.29) is 5.88 Å². The van der Waals surface area contributed by atoms with Gasteiger partial charge in [-0.25, -0.2) is 4.79 Å². The third kappa shape index (κ3) is 1.93. The van der Waals surface area contributed by atoms with Gasteiger partial charge in [-0.05, 0) is 0 Å². The van der Waals surface area contributed by atoms with Gasteiger partial charge in [0.05, 0.1) is 13.2 Å². The highest BCUT2D eigenvalue weighted by atomic mass is 16.6. The summed E-state index contributed by atoms with van der Waals surface area (Å²) in [6, 6.07) is 0. The maximum absolute atomic E-state index is 11.4. The Morgan fingerprint density at radius 2 is 1.88 bits per heavy atom. The summed E-state index contributed by atoms with van der Waals surface area (Å²) >= 11 is 0. The minimum Gasteiger partial charge on any atom is -0.482 e. The minimum atomic E-state index is -0.421. The lowest BCUT2D eigenvalue weighted by Gasteiger charge is -2.30. The number of ether oxygens (including phenoxy) is 3. The Labute approximate surface area is 97.3 Å². The van der Waals surface area contributed by atoms with Crippen LogP contribution in [0.5, 0.6) is 11.6 Å². The number of fused-ring (bicyclic) bond motifs is 1. The van der Waals surface area contributed by atoms with E-state index in [0.717, 1.165) is 13.1 Å². The van der Waals surface area contributed by atoms with Gasteiger partial charge in [-0.2, -0.15) is 4.98 Å². The zero-order valence-corrected chi connectivity index (χ0v) is 9.27. The summed E-state index contributed by atoms with van der Waals surface area (Å²) in [4.78, 5) is 19.9. The van der Waals surface area contributed by atoms with Crippen molar-refractivity contribution in [3.8, 4) is 11.6 Å². The molecule has 17 heavy (non-hydrogen) atoms. The van der Waals surface area contributed by atoms with Gasteiger partial charge in [0.1, 0.15) is 13.2 Å². The average Bonchev–Trinajstić information content (AvgIpc) is 2.39.